The van der Waals surface area contributed by atoms with Crippen LogP contribution in [0.3, 0.4) is 0 Å². The van der Waals surface area contributed by atoms with Crippen LogP contribution in [0, 0.1) is 12.8 Å². The van der Waals surface area contributed by atoms with Crippen LogP contribution in [-0.4, -0.2) is 66.0 Å². The van der Waals surface area contributed by atoms with Gasteiger partial charge in [0.05, 0.1) is 23.9 Å². The summed E-state index contributed by atoms with van der Waals surface area (Å²) in [5.41, 5.74) is 0.766. The standard InChI is InChI=1S/C19H29N3O3S/c1-13-15(26-18(20-13)19(2,3)4)17(24)21-7-5-14(6-8-21)16(23)22-9-11-25-12-10-22/h14H,5-12H2,1-4H3. The normalized spacial score (nSPS) is 19.7. The Labute approximate surface area is 159 Å². The Morgan fingerprint density at radius 3 is 2.23 bits per heavy atom. The number of amides is 2. The van der Waals surface area contributed by atoms with Gasteiger partial charge in [0.25, 0.3) is 5.91 Å². The van der Waals surface area contributed by atoms with Gasteiger partial charge in [-0.3, -0.25) is 9.59 Å². The molecule has 0 unspecified atom stereocenters. The molecule has 6 nitrogen and oxygen atoms in total. The van der Waals surface area contributed by atoms with Crippen LogP contribution in [0.25, 0.3) is 0 Å². The topological polar surface area (TPSA) is 62.7 Å². The first kappa shape index (κ1) is 19.3. The molecule has 2 saturated heterocycles. The zero-order valence-electron chi connectivity index (χ0n) is 16.2. The number of morpholine rings is 1. The summed E-state index contributed by atoms with van der Waals surface area (Å²) >= 11 is 1.51. The van der Waals surface area contributed by atoms with Crippen LogP contribution >= 0.6 is 11.3 Å². The Hall–Kier alpha value is -1.47. The molecule has 0 radical (unpaired) electrons. The minimum Gasteiger partial charge on any atom is -0.378 e. The highest BCUT2D eigenvalue weighted by atomic mass is 32.1. The highest BCUT2D eigenvalue weighted by Crippen LogP contribution is 2.31. The molecule has 3 rings (SSSR count). The zero-order valence-corrected chi connectivity index (χ0v) is 17.0. The van der Waals surface area contributed by atoms with Crippen LogP contribution in [0.4, 0.5) is 0 Å². The van der Waals surface area contributed by atoms with Crippen molar-refractivity contribution in [2.24, 2.45) is 5.92 Å². The maximum absolute atomic E-state index is 12.9. The summed E-state index contributed by atoms with van der Waals surface area (Å²) in [4.78, 5) is 34.7. The number of aryl methyl sites for hydroxylation is 1. The number of piperidine rings is 1. The number of hydrogen-bond donors (Lipinski definition) is 0. The van der Waals surface area contributed by atoms with Crippen molar-refractivity contribution in [3.63, 3.8) is 0 Å². The van der Waals surface area contributed by atoms with E-state index in [1.165, 1.54) is 11.3 Å². The minimum absolute atomic E-state index is 0.0323. The number of hydrogen-bond acceptors (Lipinski definition) is 5. The van der Waals surface area contributed by atoms with Gasteiger partial charge in [-0.1, -0.05) is 20.8 Å². The van der Waals surface area contributed by atoms with Crippen molar-refractivity contribution in [1.82, 2.24) is 14.8 Å². The number of aromatic nitrogens is 1. The lowest BCUT2D eigenvalue weighted by molar-refractivity contribution is -0.141. The average Bonchev–Trinajstić information content (AvgIpc) is 3.03. The van der Waals surface area contributed by atoms with Crippen molar-refractivity contribution >= 4 is 23.2 Å². The van der Waals surface area contributed by atoms with Gasteiger partial charge in [0, 0.05) is 37.5 Å². The Kier molecular flexibility index (Phi) is 5.67. The van der Waals surface area contributed by atoms with Gasteiger partial charge in [-0.05, 0) is 19.8 Å². The van der Waals surface area contributed by atoms with Crippen molar-refractivity contribution in [2.75, 3.05) is 39.4 Å². The Morgan fingerprint density at radius 2 is 1.69 bits per heavy atom. The second-order valence-electron chi connectivity index (χ2n) is 8.19. The lowest BCUT2D eigenvalue weighted by Gasteiger charge is -2.35. The minimum atomic E-state index is -0.0501. The van der Waals surface area contributed by atoms with Gasteiger partial charge in [0.2, 0.25) is 5.91 Å². The summed E-state index contributed by atoms with van der Waals surface area (Å²) in [7, 11) is 0. The van der Waals surface area contributed by atoms with Gasteiger partial charge >= 0.3 is 0 Å². The molecule has 0 aliphatic carbocycles. The van der Waals surface area contributed by atoms with Crippen molar-refractivity contribution in [2.45, 2.75) is 46.0 Å². The van der Waals surface area contributed by atoms with Crippen LogP contribution in [0.15, 0.2) is 0 Å². The Morgan fingerprint density at radius 1 is 1.08 bits per heavy atom. The molecule has 2 aliphatic heterocycles. The maximum Gasteiger partial charge on any atom is 0.265 e. The van der Waals surface area contributed by atoms with Crippen LogP contribution in [0.1, 0.15) is 54.0 Å². The van der Waals surface area contributed by atoms with E-state index in [0.717, 1.165) is 28.4 Å². The van der Waals surface area contributed by atoms with Crippen molar-refractivity contribution in [1.29, 1.82) is 0 Å². The molecule has 144 valence electrons. The molecule has 1 aromatic rings. The number of thiazole rings is 1. The maximum atomic E-state index is 12.9. The number of ether oxygens (including phenoxy) is 1. The van der Waals surface area contributed by atoms with Gasteiger partial charge in [0.1, 0.15) is 4.88 Å². The SMILES string of the molecule is Cc1nc(C(C)(C)C)sc1C(=O)N1CCC(C(=O)N2CCOCC2)CC1. The number of rotatable bonds is 2. The molecule has 0 bridgehead atoms. The molecular weight excluding hydrogens is 350 g/mol. The second-order valence-corrected chi connectivity index (χ2v) is 9.19. The summed E-state index contributed by atoms with van der Waals surface area (Å²) in [6.45, 7) is 12.2. The summed E-state index contributed by atoms with van der Waals surface area (Å²) in [6, 6.07) is 0. The van der Waals surface area contributed by atoms with Crippen molar-refractivity contribution in [3.8, 4) is 0 Å². The highest BCUT2D eigenvalue weighted by molar-refractivity contribution is 7.14. The van der Waals surface area contributed by atoms with Gasteiger partial charge in [0.15, 0.2) is 0 Å². The fraction of sp³-hybridized carbons (Fsp3) is 0.737. The largest absolute Gasteiger partial charge is 0.378 e. The van der Waals surface area contributed by atoms with E-state index in [1.54, 1.807) is 0 Å². The predicted molar refractivity (Wildman–Crippen MR) is 102 cm³/mol. The summed E-state index contributed by atoms with van der Waals surface area (Å²) in [5, 5.41) is 0.996. The first-order chi connectivity index (χ1) is 12.3. The van der Waals surface area contributed by atoms with E-state index in [0.29, 0.717) is 39.4 Å². The van der Waals surface area contributed by atoms with E-state index in [2.05, 4.69) is 25.8 Å². The second kappa shape index (κ2) is 7.64. The van der Waals surface area contributed by atoms with Crippen LogP contribution in [-0.2, 0) is 14.9 Å². The first-order valence-electron chi connectivity index (χ1n) is 9.41. The molecule has 2 amide bonds. The molecule has 0 N–H and O–H groups in total. The molecule has 1 aromatic heterocycles. The lowest BCUT2D eigenvalue weighted by atomic mass is 9.95. The van der Waals surface area contributed by atoms with E-state index in [1.807, 2.05) is 16.7 Å². The monoisotopic (exact) mass is 379 g/mol. The van der Waals surface area contributed by atoms with E-state index in [-0.39, 0.29) is 23.1 Å². The van der Waals surface area contributed by atoms with E-state index in [9.17, 15) is 9.59 Å². The van der Waals surface area contributed by atoms with Gasteiger partial charge < -0.3 is 14.5 Å². The molecule has 2 aliphatic rings. The number of likely N-dealkylation sites (tertiary alicyclic amines) is 1. The predicted octanol–water partition coefficient (Wildman–Crippen LogP) is 2.46. The first-order valence-corrected chi connectivity index (χ1v) is 10.2. The van der Waals surface area contributed by atoms with E-state index in [4.69, 9.17) is 4.74 Å². The van der Waals surface area contributed by atoms with Gasteiger partial charge in [-0.15, -0.1) is 11.3 Å². The van der Waals surface area contributed by atoms with Crippen LogP contribution < -0.4 is 0 Å². The molecule has 7 heteroatoms. The third kappa shape index (κ3) is 4.09. The lowest BCUT2D eigenvalue weighted by Crippen LogP contribution is -2.47. The Bertz CT molecular complexity index is 666. The number of nitrogens with zero attached hydrogens (tertiary/aromatic N) is 3. The molecule has 0 aromatic carbocycles. The molecule has 2 fully saturated rings. The summed E-state index contributed by atoms with van der Waals surface area (Å²) < 4.78 is 5.32. The average molecular weight is 380 g/mol. The van der Waals surface area contributed by atoms with Crippen LogP contribution in [0.5, 0.6) is 0 Å². The van der Waals surface area contributed by atoms with Gasteiger partial charge in [-0.25, -0.2) is 4.98 Å². The smallest absolute Gasteiger partial charge is 0.265 e. The highest BCUT2D eigenvalue weighted by Gasteiger charge is 2.32. The molecule has 0 atom stereocenters. The quantitative estimate of drug-likeness (QED) is 0.792. The molecular formula is C19H29N3O3S. The van der Waals surface area contributed by atoms with Crippen molar-refractivity contribution in [3.05, 3.63) is 15.6 Å². The third-order valence-corrected chi connectivity index (χ3v) is 6.66. The van der Waals surface area contributed by atoms with E-state index >= 15 is 0 Å². The number of carbonyl (C=O) groups is 2. The molecule has 3 heterocycles. The Balaban J connectivity index is 1.60. The molecule has 0 saturated carbocycles. The fourth-order valence-electron chi connectivity index (χ4n) is 3.43. The molecule has 0 spiro atoms. The third-order valence-electron chi connectivity index (χ3n) is 5.09. The summed E-state index contributed by atoms with van der Waals surface area (Å²) in [6.07, 6.45) is 1.48. The van der Waals surface area contributed by atoms with Crippen molar-refractivity contribution < 1.29 is 14.3 Å². The van der Waals surface area contributed by atoms with Gasteiger partial charge in [-0.2, -0.15) is 0 Å². The summed E-state index contributed by atoms with van der Waals surface area (Å²) in [5.74, 6) is 0.321. The number of carbonyl (C=O) groups excluding carboxylic acids is 2. The van der Waals surface area contributed by atoms with Crippen LogP contribution in [0.2, 0.25) is 0 Å². The molecule has 26 heavy (non-hydrogen) atoms. The fourth-order valence-corrected chi connectivity index (χ4v) is 4.52. The zero-order chi connectivity index (χ0) is 18.9. The van der Waals surface area contributed by atoms with E-state index < -0.39 is 0 Å².